The standard InChI is InChI=1S/C40H50Cl2F2N4O10S/c1-4-31(41)30(32(42)22-45-51)21-35(28-10-12-34(58-40(43)44)37(19-28)55-24-27-7-8-27)57-38(49)25-56-39(50)29-9-11-33(36(20-29)54-23-26-5-6-26)48(59(3,52)53)18-17-47-15-13-46(2)14-16-47/h4,9-12,19-20,22,26-27,35,40,51H,5-8,13-18,21,23-25H2,1-3H3/b31-4+,32-30+,45-22+. The van der Waals surface area contributed by atoms with E-state index in [0.29, 0.717) is 19.1 Å². The number of carbonyl (C=O) groups is 2. The van der Waals surface area contributed by atoms with Crippen LogP contribution in [-0.2, 0) is 24.3 Å². The third kappa shape index (κ3) is 14.2. The summed E-state index contributed by atoms with van der Waals surface area (Å²) in [5.74, 6) is -1.37. The molecule has 3 fully saturated rings. The van der Waals surface area contributed by atoms with Crippen LogP contribution in [0.1, 0.15) is 61.1 Å². The van der Waals surface area contributed by atoms with Gasteiger partial charge in [-0.1, -0.05) is 40.5 Å². The predicted octanol–water partition coefficient (Wildman–Crippen LogP) is 6.81. The van der Waals surface area contributed by atoms with Gasteiger partial charge in [0.05, 0.1) is 42.0 Å². The smallest absolute Gasteiger partial charge is 0.387 e. The van der Waals surface area contributed by atoms with Gasteiger partial charge in [-0.15, -0.1) is 0 Å². The molecule has 1 unspecified atom stereocenters. The van der Waals surface area contributed by atoms with Crippen LogP contribution in [0.5, 0.6) is 17.2 Å². The number of carbonyl (C=O) groups excluding carboxylic acids is 2. The molecular formula is C40H50Cl2F2N4O10S. The maximum Gasteiger partial charge on any atom is 0.387 e. The predicted molar refractivity (Wildman–Crippen MR) is 219 cm³/mol. The summed E-state index contributed by atoms with van der Waals surface area (Å²) in [6.07, 6.45) is 5.98. The molecule has 0 spiro atoms. The molecule has 0 amide bonds. The maximum atomic E-state index is 13.4. The van der Waals surface area contributed by atoms with Crippen LogP contribution in [0.25, 0.3) is 0 Å². The van der Waals surface area contributed by atoms with Crippen LogP contribution >= 0.6 is 23.2 Å². The van der Waals surface area contributed by atoms with E-state index >= 15 is 0 Å². The number of allylic oxidation sites excluding steroid dienone is 3. The first-order valence-electron chi connectivity index (χ1n) is 19.3. The van der Waals surface area contributed by atoms with Crippen LogP contribution in [0.4, 0.5) is 14.5 Å². The van der Waals surface area contributed by atoms with E-state index in [1.807, 2.05) is 7.05 Å². The van der Waals surface area contributed by atoms with E-state index < -0.39 is 41.3 Å². The number of esters is 2. The lowest BCUT2D eigenvalue weighted by atomic mass is 9.99. The Morgan fingerprint density at radius 3 is 2.24 bits per heavy atom. The summed E-state index contributed by atoms with van der Waals surface area (Å²) < 4.78 is 81.8. The largest absolute Gasteiger partial charge is 0.491 e. The fraction of sp³-hybridized carbons (Fsp3) is 0.525. The SMILES string of the molecule is C\C=C(Cl)/C(CC(OC(=O)COC(=O)c1ccc(N(CCN2CCN(C)CC2)S(C)(=O)=O)c(OCC2CC2)c1)c1ccc(OC(F)F)c(OCC2CC2)c1)=C(Cl)\C=N\O. The molecule has 59 heavy (non-hydrogen) atoms. The number of likely N-dealkylation sites (N-methyl/N-ethyl adjacent to an activating group) is 1. The van der Waals surface area contributed by atoms with Gasteiger partial charge in [-0.25, -0.2) is 18.0 Å². The first-order chi connectivity index (χ1) is 28.1. The summed E-state index contributed by atoms with van der Waals surface area (Å²) in [6, 6.07) is 8.34. The molecule has 19 heteroatoms. The first kappa shape index (κ1) is 45.9. The van der Waals surface area contributed by atoms with Crippen molar-refractivity contribution in [2.45, 2.75) is 51.7 Å². The van der Waals surface area contributed by atoms with Gasteiger partial charge in [0, 0.05) is 50.7 Å². The lowest BCUT2D eigenvalue weighted by Gasteiger charge is -2.34. The number of anilines is 1. The molecule has 0 aromatic heterocycles. The Labute approximate surface area is 353 Å². The number of benzene rings is 2. The highest BCUT2D eigenvalue weighted by Gasteiger charge is 2.29. The Morgan fingerprint density at radius 1 is 0.983 bits per heavy atom. The third-order valence-electron chi connectivity index (χ3n) is 9.96. The molecule has 324 valence electrons. The fourth-order valence-electron chi connectivity index (χ4n) is 6.17. The minimum atomic E-state index is -3.76. The number of sulfonamides is 1. The molecule has 0 bridgehead atoms. The van der Waals surface area contributed by atoms with E-state index in [1.54, 1.807) is 6.92 Å². The minimum absolute atomic E-state index is 0.00337. The third-order valence-corrected chi connectivity index (χ3v) is 11.9. The van der Waals surface area contributed by atoms with Crippen molar-refractivity contribution in [2.24, 2.45) is 17.0 Å². The maximum absolute atomic E-state index is 13.4. The molecule has 14 nitrogen and oxygen atoms in total. The van der Waals surface area contributed by atoms with Crippen LogP contribution in [0.15, 0.2) is 63.3 Å². The quantitative estimate of drug-likeness (QED) is 0.0434. The fourth-order valence-corrected chi connectivity index (χ4v) is 7.54. The number of oxime groups is 1. The molecule has 2 aromatic rings. The minimum Gasteiger partial charge on any atom is -0.491 e. The second-order valence-electron chi connectivity index (χ2n) is 14.7. The number of hydrogen-bond donors (Lipinski definition) is 1. The van der Waals surface area contributed by atoms with Gasteiger partial charge in [0.2, 0.25) is 10.0 Å². The van der Waals surface area contributed by atoms with Gasteiger partial charge in [-0.05, 0) is 93.0 Å². The molecular weight excluding hydrogens is 837 g/mol. The molecule has 0 radical (unpaired) electrons. The number of alkyl halides is 2. The Hall–Kier alpha value is -4.16. The van der Waals surface area contributed by atoms with Crippen molar-refractivity contribution in [1.82, 2.24) is 9.80 Å². The van der Waals surface area contributed by atoms with Crippen molar-refractivity contribution >= 4 is 57.1 Å². The molecule has 1 aliphatic heterocycles. The lowest BCUT2D eigenvalue weighted by Crippen LogP contribution is -2.47. The molecule has 2 aliphatic carbocycles. The van der Waals surface area contributed by atoms with Crippen molar-refractivity contribution < 1.29 is 55.7 Å². The Morgan fingerprint density at radius 2 is 1.64 bits per heavy atom. The zero-order valence-corrected chi connectivity index (χ0v) is 35.5. The molecule has 1 atom stereocenters. The first-order valence-corrected chi connectivity index (χ1v) is 21.9. The summed E-state index contributed by atoms with van der Waals surface area (Å²) in [4.78, 5) is 31.2. The summed E-state index contributed by atoms with van der Waals surface area (Å²) in [5, 5.41) is 12.2. The molecule has 3 aliphatic rings. The second kappa shape index (κ2) is 21.4. The highest BCUT2D eigenvalue weighted by Crippen LogP contribution is 2.39. The normalized spacial score (nSPS) is 17.7. The Bertz CT molecular complexity index is 1990. The van der Waals surface area contributed by atoms with Gasteiger partial charge in [0.15, 0.2) is 18.1 Å². The van der Waals surface area contributed by atoms with Crippen LogP contribution in [0.3, 0.4) is 0 Å². The Kier molecular flexibility index (Phi) is 16.6. The zero-order chi connectivity index (χ0) is 42.7. The van der Waals surface area contributed by atoms with Gasteiger partial charge in [0.25, 0.3) is 0 Å². The monoisotopic (exact) mass is 886 g/mol. The van der Waals surface area contributed by atoms with E-state index in [9.17, 15) is 26.8 Å². The Balaban J connectivity index is 1.35. The van der Waals surface area contributed by atoms with Crippen molar-refractivity contribution in [1.29, 1.82) is 0 Å². The van der Waals surface area contributed by atoms with Gasteiger partial charge in [-0.3, -0.25) is 9.21 Å². The lowest BCUT2D eigenvalue weighted by molar-refractivity contribution is -0.153. The average molecular weight is 888 g/mol. The highest BCUT2D eigenvalue weighted by atomic mass is 35.5. The van der Waals surface area contributed by atoms with Gasteiger partial charge < -0.3 is 33.8 Å². The molecule has 1 saturated heterocycles. The van der Waals surface area contributed by atoms with Crippen molar-refractivity contribution in [3.05, 3.63) is 69.2 Å². The van der Waals surface area contributed by atoms with E-state index in [4.69, 9.17) is 47.4 Å². The molecule has 1 N–H and O–H groups in total. The second-order valence-corrected chi connectivity index (χ2v) is 17.4. The van der Waals surface area contributed by atoms with Gasteiger partial charge in [-0.2, -0.15) is 8.78 Å². The average Bonchev–Trinajstić information content (AvgIpc) is 4.14. The van der Waals surface area contributed by atoms with Crippen molar-refractivity contribution in [2.75, 3.05) is 76.7 Å². The van der Waals surface area contributed by atoms with Crippen LogP contribution in [-0.4, -0.2) is 121 Å². The molecule has 2 aromatic carbocycles. The number of ether oxygens (including phenoxy) is 5. The van der Waals surface area contributed by atoms with Gasteiger partial charge in [0.1, 0.15) is 11.9 Å². The zero-order valence-electron chi connectivity index (χ0n) is 33.2. The van der Waals surface area contributed by atoms with E-state index in [0.717, 1.165) is 64.3 Å². The van der Waals surface area contributed by atoms with Crippen molar-refractivity contribution in [3.8, 4) is 17.2 Å². The highest BCUT2D eigenvalue weighted by molar-refractivity contribution is 7.92. The van der Waals surface area contributed by atoms with E-state index in [2.05, 4.69) is 19.7 Å². The van der Waals surface area contributed by atoms with Crippen LogP contribution < -0.4 is 18.5 Å². The summed E-state index contributed by atoms with van der Waals surface area (Å²) in [5.41, 5.74) is 0.766. The van der Waals surface area contributed by atoms with Crippen LogP contribution in [0.2, 0.25) is 0 Å². The number of halogens is 4. The number of nitrogens with zero attached hydrogens (tertiary/aromatic N) is 4. The summed E-state index contributed by atoms with van der Waals surface area (Å²) in [6.45, 7) is 2.27. The topological polar surface area (TPSA) is 157 Å². The molecule has 1 heterocycles. The molecule has 2 saturated carbocycles. The van der Waals surface area contributed by atoms with E-state index in [1.165, 1.54) is 46.8 Å². The van der Waals surface area contributed by atoms with Crippen LogP contribution in [0, 0.1) is 11.8 Å². The van der Waals surface area contributed by atoms with Gasteiger partial charge >= 0.3 is 18.6 Å². The number of hydrogen-bond acceptors (Lipinski definition) is 13. The van der Waals surface area contributed by atoms with Crippen molar-refractivity contribution in [3.63, 3.8) is 0 Å². The number of rotatable bonds is 22. The summed E-state index contributed by atoms with van der Waals surface area (Å²) in [7, 11) is -1.71. The van der Waals surface area contributed by atoms with E-state index in [-0.39, 0.29) is 75.2 Å². The summed E-state index contributed by atoms with van der Waals surface area (Å²) >= 11 is 12.9. The molecule has 5 rings (SSSR count). The number of piperazine rings is 1.